The van der Waals surface area contributed by atoms with E-state index in [0.29, 0.717) is 36.8 Å². The van der Waals surface area contributed by atoms with Gasteiger partial charge in [0, 0.05) is 31.5 Å². The molecule has 0 radical (unpaired) electrons. The molecule has 18 heavy (non-hydrogen) atoms. The molecule has 2 rings (SSSR count). The van der Waals surface area contributed by atoms with Gasteiger partial charge in [0.1, 0.15) is 6.61 Å². The van der Waals surface area contributed by atoms with E-state index in [-0.39, 0.29) is 0 Å². The van der Waals surface area contributed by atoms with Crippen LogP contribution in [0.1, 0.15) is 25.3 Å². The van der Waals surface area contributed by atoms with Gasteiger partial charge in [0.25, 0.3) is 0 Å². The van der Waals surface area contributed by atoms with E-state index in [0.717, 1.165) is 12.1 Å². The standard InChI is InChI=1S/C13H19ClN2O2/c1-2-17-5-6-18-13-7-10(12(14)9-16-13)8-15-11-3-4-11/h7,9,11,15H,2-6,8H2,1H3. The first kappa shape index (κ1) is 13.6. The van der Waals surface area contributed by atoms with E-state index < -0.39 is 0 Å². The van der Waals surface area contributed by atoms with Crippen LogP contribution in [0.2, 0.25) is 5.02 Å². The molecule has 0 amide bonds. The monoisotopic (exact) mass is 270 g/mol. The van der Waals surface area contributed by atoms with Crippen LogP contribution in [0.5, 0.6) is 5.88 Å². The molecule has 1 aromatic heterocycles. The number of pyridine rings is 1. The van der Waals surface area contributed by atoms with Crippen LogP contribution in [-0.4, -0.2) is 30.8 Å². The summed E-state index contributed by atoms with van der Waals surface area (Å²) in [5.74, 6) is 0.603. The second-order valence-corrected chi connectivity index (χ2v) is 4.72. The highest BCUT2D eigenvalue weighted by Crippen LogP contribution is 2.23. The number of hydrogen-bond donors (Lipinski definition) is 1. The Kier molecular flexibility index (Phi) is 5.23. The molecule has 5 heteroatoms. The molecule has 1 fully saturated rings. The molecular weight excluding hydrogens is 252 g/mol. The van der Waals surface area contributed by atoms with Gasteiger partial charge in [0.15, 0.2) is 0 Å². The SMILES string of the molecule is CCOCCOc1cc(CNC2CC2)c(Cl)cn1. The summed E-state index contributed by atoms with van der Waals surface area (Å²) < 4.78 is 10.7. The molecule has 1 N–H and O–H groups in total. The molecule has 1 aliphatic carbocycles. The molecule has 0 bridgehead atoms. The van der Waals surface area contributed by atoms with E-state index in [1.54, 1.807) is 6.20 Å². The van der Waals surface area contributed by atoms with Crippen molar-refractivity contribution in [2.75, 3.05) is 19.8 Å². The average Bonchev–Trinajstić information content (AvgIpc) is 3.19. The van der Waals surface area contributed by atoms with Gasteiger partial charge >= 0.3 is 0 Å². The fourth-order valence-electron chi connectivity index (χ4n) is 1.56. The lowest BCUT2D eigenvalue weighted by molar-refractivity contribution is 0.108. The van der Waals surface area contributed by atoms with Crippen molar-refractivity contribution in [3.8, 4) is 5.88 Å². The minimum absolute atomic E-state index is 0.512. The topological polar surface area (TPSA) is 43.4 Å². The van der Waals surface area contributed by atoms with Crippen molar-refractivity contribution in [3.05, 3.63) is 22.8 Å². The molecule has 100 valence electrons. The van der Waals surface area contributed by atoms with Crippen LogP contribution < -0.4 is 10.1 Å². The maximum absolute atomic E-state index is 6.10. The maximum Gasteiger partial charge on any atom is 0.213 e. The minimum Gasteiger partial charge on any atom is -0.475 e. The molecule has 4 nitrogen and oxygen atoms in total. The van der Waals surface area contributed by atoms with Crippen LogP contribution in [0.3, 0.4) is 0 Å². The van der Waals surface area contributed by atoms with Crippen LogP contribution in [0.15, 0.2) is 12.3 Å². The number of rotatable bonds is 8. The second-order valence-electron chi connectivity index (χ2n) is 4.31. The molecule has 0 atom stereocenters. The lowest BCUT2D eigenvalue weighted by Gasteiger charge is -2.09. The summed E-state index contributed by atoms with van der Waals surface area (Å²) in [4.78, 5) is 4.14. The molecule has 1 aliphatic rings. The Bertz CT molecular complexity index is 383. The highest BCUT2D eigenvalue weighted by molar-refractivity contribution is 6.31. The lowest BCUT2D eigenvalue weighted by atomic mass is 10.2. The normalized spacial score (nSPS) is 14.8. The lowest BCUT2D eigenvalue weighted by Crippen LogP contribution is -2.16. The first-order valence-electron chi connectivity index (χ1n) is 6.38. The number of aromatic nitrogens is 1. The minimum atomic E-state index is 0.512. The first-order chi connectivity index (χ1) is 8.79. The predicted molar refractivity (Wildman–Crippen MR) is 71.1 cm³/mol. The van der Waals surface area contributed by atoms with Gasteiger partial charge in [-0.1, -0.05) is 11.6 Å². The van der Waals surface area contributed by atoms with Crippen molar-refractivity contribution in [1.82, 2.24) is 10.3 Å². The number of nitrogens with one attached hydrogen (secondary N) is 1. The fraction of sp³-hybridized carbons (Fsp3) is 0.615. The molecule has 0 spiro atoms. The van der Waals surface area contributed by atoms with Crippen molar-refractivity contribution in [2.24, 2.45) is 0 Å². The molecule has 0 unspecified atom stereocenters. The smallest absolute Gasteiger partial charge is 0.213 e. The van der Waals surface area contributed by atoms with E-state index in [9.17, 15) is 0 Å². The summed E-state index contributed by atoms with van der Waals surface area (Å²) in [6.07, 6.45) is 4.17. The van der Waals surface area contributed by atoms with E-state index in [2.05, 4.69) is 10.3 Å². The quantitative estimate of drug-likeness (QED) is 0.737. The molecule has 1 saturated carbocycles. The van der Waals surface area contributed by atoms with Crippen molar-refractivity contribution >= 4 is 11.6 Å². The zero-order valence-electron chi connectivity index (χ0n) is 10.6. The summed E-state index contributed by atoms with van der Waals surface area (Å²) in [6, 6.07) is 2.56. The van der Waals surface area contributed by atoms with Gasteiger partial charge in [-0.2, -0.15) is 0 Å². The van der Waals surface area contributed by atoms with Gasteiger partial charge in [-0.05, 0) is 25.3 Å². The van der Waals surface area contributed by atoms with Gasteiger partial charge in [0.2, 0.25) is 5.88 Å². The average molecular weight is 271 g/mol. The molecule has 1 heterocycles. The third kappa shape index (κ3) is 4.44. The summed E-state index contributed by atoms with van der Waals surface area (Å²) in [5, 5.41) is 4.11. The van der Waals surface area contributed by atoms with Crippen LogP contribution in [0, 0.1) is 0 Å². The number of halogens is 1. The van der Waals surface area contributed by atoms with Gasteiger partial charge in [-0.15, -0.1) is 0 Å². The van der Waals surface area contributed by atoms with Gasteiger partial charge < -0.3 is 14.8 Å². The Hall–Kier alpha value is -0.840. The molecular formula is C13H19ClN2O2. The van der Waals surface area contributed by atoms with Crippen LogP contribution >= 0.6 is 11.6 Å². The summed E-state index contributed by atoms with van der Waals surface area (Å²) in [6.45, 7) is 4.53. The van der Waals surface area contributed by atoms with Crippen molar-refractivity contribution in [2.45, 2.75) is 32.4 Å². The van der Waals surface area contributed by atoms with Crippen molar-refractivity contribution < 1.29 is 9.47 Å². The van der Waals surface area contributed by atoms with Gasteiger partial charge in [0.05, 0.1) is 11.6 Å². The maximum atomic E-state index is 6.10. The van der Waals surface area contributed by atoms with E-state index in [1.807, 2.05) is 13.0 Å². The van der Waals surface area contributed by atoms with Crippen molar-refractivity contribution in [1.29, 1.82) is 0 Å². The Morgan fingerprint density at radius 1 is 1.44 bits per heavy atom. The second kappa shape index (κ2) is 6.92. The summed E-state index contributed by atoms with van der Waals surface area (Å²) in [5.41, 5.74) is 1.03. The number of hydrogen-bond acceptors (Lipinski definition) is 4. The first-order valence-corrected chi connectivity index (χ1v) is 6.75. The fourth-order valence-corrected chi connectivity index (χ4v) is 1.73. The summed E-state index contributed by atoms with van der Waals surface area (Å²) in [7, 11) is 0. The van der Waals surface area contributed by atoms with E-state index in [1.165, 1.54) is 12.8 Å². The molecule has 0 aromatic carbocycles. The molecule has 0 aliphatic heterocycles. The van der Waals surface area contributed by atoms with Crippen molar-refractivity contribution in [3.63, 3.8) is 0 Å². The zero-order chi connectivity index (χ0) is 12.8. The Morgan fingerprint density at radius 3 is 3.00 bits per heavy atom. The highest BCUT2D eigenvalue weighted by atomic mass is 35.5. The number of nitrogens with zero attached hydrogens (tertiary/aromatic N) is 1. The zero-order valence-corrected chi connectivity index (χ0v) is 11.4. The Balaban J connectivity index is 1.83. The summed E-state index contributed by atoms with van der Waals surface area (Å²) >= 11 is 6.10. The van der Waals surface area contributed by atoms with Gasteiger partial charge in [-0.25, -0.2) is 4.98 Å². The van der Waals surface area contributed by atoms with E-state index >= 15 is 0 Å². The molecule has 1 aromatic rings. The third-order valence-corrected chi connectivity index (χ3v) is 3.09. The van der Waals surface area contributed by atoms with Gasteiger partial charge in [-0.3, -0.25) is 0 Å². The largest absolute Gasteiger partial charge is 0.475 e. The number of ether oxygens (including phenoxy) is 2. The predicted octanol–water partition coefficient (Wildman–Crippen LogP) is 2.40. The highest BCUT2D eigenvalue weighted by Gasteiger charge is 2.20. The van der Waals surface area contributed by atoms with Crippen LogP contribution in [-0.2, 0) is 11.3 Å². The Morgan fingerprint density at radius 2 is 2.28 bits per heavy atom. The third-order valence-electron chi connectivity index (χ3n) is 2.75. The molecule has 0 saturated heterocycles. The van der Waals surface area contributed by atoms with Crippen LogP contribution in [0.4, 0.5) is 0 Å². The Labute approximate surface area is 113 Å². The van der Waals surface area contributed by atoms with Crippen LogP contribution in [0.25, 0.3) is 0 Å². The van der Waals surface area contributed by atoms with E-state index in [4.69, 9.17) is 21.1 Å².